The molecule has 1 saturated carbocycles. The Morgan fingerprint density at radius 2 is 1.62 bits per heavy atom. The molecule has 0 aliphatic heterocycles. The average molecular weight is 330 g/mol. The second kappa shape index (κ2) is 6.90. The van der Waals surface area contributed by atoms with Crippen LogP contribution in [0.15, 0.2) is 17.1 Å². The molecule has 0 heterocycles. The van der Waals surface area contributed by atoms with E-state index in [9.17, 15) is 5.11 Å². The number of aromatic hydroxyl groups is 1. The number of hydrogen-bond donors (Lipinski definition) is 1. The summed E-state index contributed by atoms with van der Waals surface area (Å²) >= 11 is 0. The van der Waals surface area contributed by atoms with Crippen molar-refractivity contribution >= 4 is 6.21 Å². The van der Waals surface area contributed by atoms with E-state index in [0.29, 0.717) is 17.7 Å². The number of phenolic OH excluding ortho intramolecular Hbond substituents is 1. The maximum absolute atomic E-state index is 10.8. The molecule has 0 unspecified atom stereocenters. The standard InChI is InChI=1S/C22H35NO/c1-15-10-8-9-11-19(15)23-14-16-12-17(21(2,3)4)13-18(20(16)24)22(5,6)7/h12-15,19,24H,8-11H2,1-7H3/t15-,19-/m0/s1. The van der Waals surface area contributed by atoms with E-state index >= 15 is 0 Å². The summed E-state index contributed by atoms with van der Waals surface area (Å²) in [6.45, 7) is 15.4. The van der Waals surface area contributed by atoms with Gasteiger partial charge in [0.1, 0.15) is 5.75 Å². The minimum Gasteiger partial charge on any atom is -0.507 e. The van der Waals surface area contributed by atoms with Gasteiger partial charge in [-0.1, -0.05) is 67.4 Å². The number of phenols is 1. The summed E-state index contributed by atoms with van der Waals surface area (Å²) < 4.78 is 0. The summed E-state index contributed by atoms with van der Waals surface area (Å²) in [6, 6.07) is 4.67. The van der Waals surface area contributed by atoms with Gasteiger partial charge in [-0.3, -0.25) is 4.99 Å². The molecule has 0 spiro atoms. The van der Waals surface area contributed by atoms with E-state index in [0.717, 1.165) is 11.1 Å². The Bertz CT molecular complexity index is 602. The lowest BCUT2D eigenvalue weighted by Crippen LogP contribution is -2.21. The van der Waals surface area contributed by atoms with Crippen molar-refractivity contribution in [1.82, 2.24) is 0 Å². The van der Waals surface area contributed by atoms with Crippen LogP contribution in [0.25, 0.3) is 0 Å². The summed E-state index contributed by atoms with van der Waals surface area (Å²) in [5.41, 5.74) is 3.09. The predicted molar refractivity (Wildman–Crippen MR) is 105 cm³/mol. The molecule has 1 aromatic rings. The Hall–Kier alpha value is -1.31. The number of aliphatic imine (C=N–C) groups is 1. The first-order valence-corrected chi connectivity index (χ1v) is 9.41. The molecular weight excluding hydrogens is 294 g/mol. The van der Waals surface area contributed by atoms with Crippen LogP contribution in [0.1, 0.15) is 90.8 Å². The zero-order valence-electron chi connectivity index (χ0n) is 16.6. The maximum atomic E-state index is 10.8. The van der Waals surface area contributed by atoms with Gasteiger partial charge in [-0.05, 0) is 41.2 Å². The Labute approximate surface area is 148 Å². The quantitative estimate of drug-likeness (QED) is 0.665. The van der Waals surface area contributed by atoms with Crippen molar-refractivity contribution in [2.45, 2.75) is 91.0 Å². The fraction of sp³-hybridized carbons (Fsp3) is 0.682. The highest BCUT2D eigenvalue weighted by Crippen LogP contribution is 2.37. The Kier molecular flexibility index (Phi) is 5.47. The smallest absolute Gasteiger partial charge is 0.128 e. The molecule has 0 bridgehead atoms. The van der Waals surface area contributed by atoms with E-state index in [-0.39, 0.29) is 10.8 Å². The van der Waals surface area contributed by atoms with Crippen LogP contribution in [0.3, 0.4) is 0 Å². The van der Waals surface area contributed by atoms with Crippen molar-refractivity contribution in [3.05, 3.63) is 28.8 Å². The van der Waals surface area contributed by atoms with Crippen molar-refractivity contribution < 1.29 is 5.11 Å². The average Bonchev–Trinajstić information content (AvgIpc) is 2.45. The lowest BCUT2D eigenvalue weighted by Gasteiger charge is -2.27. The van der Waals surface area contributed by atoms with Crippen LogP contribution in [-0.2, 0) is 10.8 Å². The predicted octanol–water partition coefficient (Wildman–Crippen LogP) is 5.98. The molecule has 0 radical (unpaired) electrons. The van der Waals surface area contributed by atoms with Crippen LogP contribution >= 0.6 is 0 Å². The highest BCUT2D eigenvalue weighted by Gasteiger charge is 2.25. The lowest BCUT2D eigenvalue weighted by atomic mass is 9.79. The first-order chi connectivity index (χ1) is 11.0. The zero-order valence-corrected chi connectivity index (χ0v) is 16.6. The van der Waals surface area contributed by atoms with Gasteiger partial charge in [-0.2, -0.15) is 0 Å². The largest absolute Gasteiger partial charge is 0.507 e. The fourth-order valence-corrected chi connectivity index (χ4v) is 3.45. The van der Waals surface area contributed by atoms with Crippen LogP contribution in [0.4, 0.5) is 0 Å². The Morgan fingerprint density at radius 1 is 1.00 bits per heavy atom. The molecule has 1 aliphatic carbocycles. The van der Waals surface area contributed by atoms with Gasteiger partial charge in [0.2, 0.25) is 0 Å². The third-order valence-corrected chi connectivity index (χ3v) is 5.28. The summed E-state index contributed by atoms with van der Waals surface area (Å²) in [6.07, 6.45) is 6.96. The molecule has 2 nitrogen and oxygen atoms in total. The van der Waals surface area contributed by atoms with Gasteiger partial charge in [-0.15, -0.1) is 0 Å². The maximum Gasteiger partial charge on any atom is 0.128 e. The topological polar surface area (TPSA) is 32.6 Å². The van der Waals surface area contributed by atoms with Crippen LogP contribution in [0.5, 0.6) is 5.75 Å². The number of rotatable bonds is 2. The highest BCUT2D eigenvalue weighted by molar-refractivity contribution is 5.85. The monoisotopic (exact) mass is 329 g/mol. The minimum absolute atomic E-state index is 0.0500. The Morgan fingerprint density at radius 3 is 2.17 bits per heavy atom. The number of nitrogens with zero attached hydrogens (tertiary/aromatic N) is 1. The van der Waals surface area contributed by atoms with Crippen LogP contribution < -0.4 is 0 Å². The fourth-order valence-electron chi connectivity index (χ4n) is 3.45. The van der Waals surface area contributed by atoms with Crippen molar-refractivity contribution in [3.63, 3.8) is 0 Å². The van der Waals surface area contributed by atoms with Gasteiger partial charge in [0.05, 0.1) is 6.04 Å². The van der Waals surface area contributed by atoms with Crippen molar-refractivity contribution in [1.29, 1.82) is 0 Å². The second-order valence-electron chi connectivity index (χ2n) is 9.57. The molecule has 0 saturated heterocycles. The molecule has 1 fully saturated rings. The molecule has 24 heavy (non-hydrogen) atoms. The first kappa shape index (κ1) is 19.0. The van der Waals surface area contributed by atoms with Crippen LogP contribution in [-0.4, -0.2) is 17.4 Å². The lowest BCUT2D eigenvalue weighted by molar-refractivity contribution is 0.333. The van der Waals surface area contributed by atoms with E-state index in [1.54, 1.807) is 0 Å². The third-order valence-electron chi connectivity index (χ3n) is 5.28. The van der Waals surface area contributed by atoms with Gasteiger partial charge < -0.3 is 5.11 Å². The molecule has 1 aromatic carbocycles. The summed E-state index contributed by atoms with van der Waals surface area (Å²) in [4.78, 5) is 4.86. The van der Waals surface area contributed by atoms with E-state index < -0.39 is 0 Å². The van der Waals surface area contributed by atoms with Crippen LogP contribution in [0, 0.1) is 5.92 Å². The summed E-state index contributed by atoms with van der Waals surface area (Å²) in [7, 11) is 0. The minimum atomic E-state index is -0.0912. The summed E-state index contributed by atoms with van der Waals surface area (Å²) in [5, 5.41) is 10.8. The molecular formula is C22H35NO. The van der Waals surface area contributed by atoms with E-state index in [1.807, 2.05) is 6.21 Å². The number of benzene rings is 1. The second-order valence-corrected chi connectivity index (χ2v) is 9.57. The van der Waals surface area contributed by atoms with Crippen molar-refractivity contribution in [2.24, 2.45) is 10.9 Å². The van der Waals surface area contributed by atoms with E-state index in [1.165, 1.54) is 31.2 Å². The number of hydrogen-bond acceptors (Lipinski definition) is 2. The highest BCUT2D eigenvalue weighted by atomic mass is 16.3. The molecule has 0 aromatic heterocycles. The normalized spacial score (nSPS) is 23.0. The van der Waals surface area contributed by atoms with Gasteiger partial charge in [-0.25, -0.2) is 0 Å². The molecule has 1 aliphatic rings. The van der Waals surface area contributed by atoms with Gasteiger partial charge in [0, 0.05) is 17.3 Å². The molecule has 2 atom stereocenters. The third kappa shape index (κ3) is 4.40. The Balaban J connectivity index is 2.44. The zero-order chi connectivity index (χ0) is 18.1. The molecule has 1 N–H and O–H groups in total. The van der Waals surface area contributed by atoms with E-state index in [2.05, 4.69) is 60.6 Å². The van der Waals surface area contributed by atoms with Gasteiger partial charge >= 0.3 is 0 Å². The SMILES string of the molecule is C[C@H]1CCCC[C@@H]1N=Cc1cc(C(C)(C)C)cc(C(C)(C)C)c1O. The summed E-state index contributed by atoms with van der Waals surface area (Å²) in [5.74, 6) is 1.03. The van der Waals surface area contributed by atoms with Crippen LogP contribution in [0.2, 0.25) is 0 Å². The molecule has 0 amide bonds. The van der Waals surface area contributed by atoms with Gasteiger partial charge in [0.25, 0.3) is 0 Å². The molecule has 134 valence electrons. The van der Waals surface area contributed by atoms with E-state index in [4.69, 9.17) is 4.99 Å². The molecule has 2 rings (SSSR count). The first-order valence-electron chi connectivity index (χ1n) is 9.41. The van der Waals surface area contributed by atoms with Crippen molar-refractivity contribution in [2.75, 3.05) is 0 Å². The molecule has 2 heteroatoms. The van der Waals surface area contributed by atoms with Crippen molar-refractivity contribution in [3.8, 4) is 5.75 Å². The van der Waals surface area contributed by atoms with Gasteiger partial charge in [0.15, 0.2) is 0 Å².